The smallest absolute Gasteiger partial charge is 0.260 e. The van der Waals surface area contributed by atoms with Crippen molar-refractivity contribution in [2.45, 2.75) is 32.4 Å². The molecule has 0 bridgehead atoms. The van der Waals surface area contributed by atoms with Crippen LogP contribution in [0.3, 0.4) is 0 Å². The number of fused-ring (bicyclic) bond motifs is 1. The maximum atomic E-state index is 13.8. The lowest BCUT2D eigenvalue weighted by atomic mass is 10.0. The molecule has 2 fully saturated rings. The number of hydrogen-bond acceptors (Lipinski definition) is 8. The van der Waals surface area contributed by atoms with Gasteiger partial charge in [0.15, 0.2) is 0 Å². The van der Waals surface area contributed by atoms with E-state index in [1.807, 2.05) is 30.3 Å². The molecule has 2 aliphatic rings. The molecule has 2 aliphatic heterocycles. The van der Waals surface area contributed by atoms with Crippen LogP contribution < -0.4 is 21.5 Å². The van der Waals surface area contributed by atoms with Crippen LogP contribution in [0.5, 0.6) is 0 Å². The number of para-hydroxylation sites is 1. The molecule has 0 radical (unpaired) electrons. The van der Waals surface area contributed by atoms with E-state index in [9.17, 15) is 4.79 Å². The Balaban J connectivity index is 1.35. The fourth-order valence-corrected chi connectivity index (χ4v) is 5.58. The molecule has 2 aromatic carbocycles. The average molecular weight is 526 g/mol. The number of nitrogens with two attached hydrogens (primary N) is 1. The fraction of sp³-hybridized carbons (Fsp3) is 0.367. The van der Waals surface area contributed by atoms with Gasteiger partial charge in [-0.3, -0.25) is 9.36 Å². The van der Waals surface area contributed by atoms with E-state index in [0.29, 0.717) is 41.6 Å². The SMILES string of the molecule is Cc1cc(Nc2ncc3cc(-c4ccccc4N)c(=O)n(C[C@H]4CCCO4)c3n2)ccc1N1CCN(C)CC1. The molecule has 2 aromatic heterocycles. The number of nitrogen functional groups attached to an aromatic ring is 1. The second-order valence-corrected chi connectivity index (χ2v) is 10.6. The minimum Gasteiger partial charge on any atom is -0.398 e. The first-order chi connectivity index (χ1) is 19.0. The van der Waals surface area contributed by atoms with Gasteiger partial charge in [0.25, 0.3) is 5.56 Å². The van der Waals surface area contributed by atoms with Crippen LogP contribution in [0.25, 0.3) is 22.2 Å². The maximum absolute atomic E-state index is 13.8. The van der Waals surface area contributed by atoms with Crippen LogP contribution in [0.15, 0.2) is 59.5 Å². The Kier molecular flexibility index (Phi) is 6.93. The largest absolute Gasteiger partial charge is 0.398 e. The molecular formula is C30H35N7O2. The van der Waals surface area contributed by atoms with Crippen molar-refractivity contribution < 1.29 is 4.74 Å². The highest BCUT2D eigenvalue weighted by Crippen LogP contribution is 2.28. The van der Waals surface area contributed by atoms with E-state index in [4.69, 9.17) is 15.5 Å². The number of pyridine rings is 1. The highest BCUT2D eigenvalue weighted by molar-refractivity contribution is 5.85. The molecule has 2 saturated heterocycles. The van der Waals surface area contributed by atoms with Crippen LogP contribution in [0.1, 0.15) is 18.4 Å². The van der Waals surface area contributed by atoms with Gasteiger partial charge in [0.1, 0.15) is 5.65 Å². The fourth-order valence-electron chi connectivity index (χ4n) is 5.58. The van der Waals surface area contributed by atoms with Crippen LogP contribution >= 0.6 is 0 Å². The molecule has 202 valence electrons. The van der Waals surface area contributed by atoms with Crippen LogP contribution in [0.4, 0.5) is 23.0 Å². The van der Waals surface area contributed by atoms with Gasteiger partial charge in [0.2, 0.25) is 5.95 Å². The number of ether oxygens (including phenoxy) is 1. The van der Waals surface area contributed by atoms with Crippen molar-refractivity contribution in [3.8, 4) is 11.1 Å². The summed E-state index contributed by atoms with van der Waals surface area (Å²) in [7, 11) is 2.17. The molecule has 1 atom stereocenters. The van der Waals surface area contributed by atoms with Crippen molar-refractivity contribution in [2.24, 2.45) is 0 Å². The summed E-state index contributed by atoms with van der Waals surface area (Å²) in [5.41, 5.74) is 11.9. The van der Waals surface area contributed by atoms with Gasteiger partial charge in [-0.25, -0.2) is 4.98 Å². The number of rotatable bonds is 6. The third-order valence-corrected chi connectivity index (χ3v) is 7.79. The molecule has 0 spiro atoms. The van der Waals surface area contributed by atoms with E-state index in [2.05, 4.69) is 52.3 Å². The molecule has 0 aliphatic carbocycles. The summed E-state index contributed by atoms with van der Waals surface area (Å²) in [6.45, 7) is 7.47. The Morgan fingerprint density at radius 2 is 1.90 bits per heavy atom. The molecule has 0 unspecified atom stereocenters. The van der Waals surface area contributed by atoms with Crippen LogP contribution in [-0.2, 0) is 11.3 Å². The van der Waals surface area contributed by atoms with E-state index in [0.717, 1.165) is 50.1 Å². The lowest BCUT2D eigenvalue weighted by molar-refractivity contribution is 0.0971. The van der Waals surface area contributed by atoms with Crippen LogP contribution in [0, 0.1) is 6.92 Å². The number of nitrogens with one attached hydrogen (secondary N) is 1. The Hall–Kier alpha value is -3.95. The monoisotopic (exact) mass is 525 g/mol. The number of piperazine rings is 1. The highest BCUT2D eigenvalue weighted by Gasteiger charge is 2.21. The summed E-state index contributed by atoms with van der Waals surface area (Å²) in [6, 6.07) is 15.6. The molecule has 9 nitrogen and oxygen atoms in total. The van der Waals surface area contributed by atoms with Gasteiger partial charge in [-0.2, -0.15) is 4.98 Å². The molecule has 9 heteroatoms. The van der Waals surface area contributed by atoms with Crippen molar-refractivity contribution >= 4 is 34.0 Å². The van der Waals surface area contributed by atoms with E-state index < -0.39 is 0 Å². The zero-order chi connectivity index (χ0) is 26.9. The van der Waals surface area contributed by atoms with Gasteiger partial charge in [-0.15, -0.1) is 0 Å². The van der Waals surface area contributed by atoms with Crippen molar-refractivity contribution in [3.63, 3.8) is 0 Å². The van der Waals surface area contributed by atoms with Crippen molar-refractivity contribution in [1.82, 2.24) is 19.4 Å². The Morgan fingerprint density at radius 3 is 2.64 bits per heavy atom. The minimum atomic E-state index is -0.132. The topological polar surface area (TPSA) is 102 Å². The predicted octanol–water partition coefficient (Wildman–Crippen LogP) is 4.02. The van der Waals surface area contributed by atoms with E-state index in [1.54, 1.807) is 10.8 Å². The summed E-state index contributed by atoms with van der Waals surface area (Å²) in [4.78, 5) is 28.0. The summed E-state index contributed by atoms with van der Waals surface area (Å²) >= 11 is 0. The molecule has 6 rings (SSSR count). The molecule has 39 heavy (non-hydrogen) atoms. The minimum absolute atomic E-state index is 0.0228. The normalized spacial score (nSPS) is 18.1. The first-order valence-electron chi connectivity index (χ1n) is 13.6. The molecule has 3 N–H and O–H groups in total. The van der Waals surface area contributed by atoms with Gasteiger partial charge in [0, 0.05) is 67.0 Å². The first-order valence-corrected chi connectivity index (χ1v) is 13.6. The zero-order valence-electron chi connectivity index (χ0n) is 22.6. The predicted molar refractivity (Wildman–Crippen MR) is 157 cm³/mol. The average Bonchev–Trinajstić information content (AvgIpc) is 3.45. The maximum Gasteiger partial charge on any atom is 0.260 e. The molecule has 0 saturated carbocycles. The first kappa shape index (κ1) is 25.3. The number of benzene rings is 2. The van der Waals surface area contributed by atoms with Crippen LogP contribution in [-0.4, -0.2) is 65.4 Å². The zero-order valence-corrected chi connectivity index (χ0v) is 22.6. The van der Waals surface area contributed by atoms with Gasteiger partial charge < -0.3 is 25.6 Å². The third-order valence-electron chi connectivity index (χ3n) is 7.79. The lowest BCUT2D eigenvalue weighted by Gasteiger charge is -2.35. The van der Waals surface area contributed by atoms with Crippen LogP contribution in [0.2, 0.25) is 0 Å². The standard InChI is InChI=1S/C30H35N7O2/c1-20-16-22(9-10-27(20)36-13-11-35(2)12-14-36)33-30-32-18-21-17-25(24-7-3-4-8-26(24)31)29(38)37(28(21)34-30)19-23-6-5-15-39-23/h3-4,7-10,16-18,23H,5-6,11-15,19,31H2,1-2H3,(H,32,33,34)/t23-/m1/s1. The van der Waals surface area contributed by atoms with E-state index in [-0.39, 0.29) is 11.7 Å². The van der Waals surface area contributed by atoms with E-state index >= 15 is 0 Å². The van der Waals surface area contributed by atoms with Crippen molar-refractivity contribution in [2.75, 3.05) is 55.8 Å². The number of aromatic nitrogens is 3. The number of likely N-dealkylation sites (N-methyl/N-ethyl adjacent to an activating group) is 1. The number of nitrogens with zero attached hydrogens (tertiary/aromatic N) is 5. The Bertz CT molecular complexity index is 1550. The Morgan fingerprint density at radius 1 is 1.08 bits per heavy atom. The quantitative estimate of drug-likeness (QED) is 0.364. The molecule has 4 heterocycles. The third kappa shape index (κ3) is 5.20. The van der Waals surface area contributed by atoms with E-state index in [1.165, 1.54) is 11.3 Å². The summed E-state index contributed by atoms with van der Waals surface area (Å²) in [6.07, 6.45) is 3.66. The molecule has 0 amide bonds. The van der Waals surface area contributed by atoms with Gasteiger partial charge in [-0.05, 0) is 62.7 Å². The van der Waals surface area contributed by atoms with Crippen molar-refractivity contribution in [3.05, 3.63) is 70.6 Å². The summed E-state index contributed by atoms with van der Waals surface area (Å²) in [5.74, 6) is 0.446. The summed E-state index contributed by atoms with van der Waals surface area (Å²) < 4.78 is 7.61. The highest BCUT2D eigenvalue weighted by atomic mass is 16.5. The second-order valence-electron chi connectivity index (χ2n) is 10.6. The van der Waals surface area contributed by atoms with Crippen molar-refractivity contribution in [1.29, 1.82) is 0 Å². The number of anilines is 4. The summed E-state index contributed by atoms with van der Waals surface area (Å²) in [5, 5.41) is 4.13. The molecule has 4 aromatic rings. The molecular weight excluding hydrogens is 490 g/mol. The number of aryl methyl sites for hydroxylation is 1. The number of hydrogen-bond donors (Lipinski definition) is 2. The van der Waals surface area contributed by atoms with Gasteiger partial charge in [-0.1, -0.05) is 18.2 Å². The lowest BCUT2D eigenvalue weighted by Crippen LogP contribution is -2.44. The Labute approximate surface area is 228 Å². The van der Waals surface area contributed by atoms with Gasteiger partial charge >= 0.3 is 0 Å². The van der Waals surface area contributed by atoms with Gasteiger partial charge in [0.05, 0.1) is 18.2 Å². The second kappa shape index (κ2) is 10.7.